The Balaban J connectivity index is 2.26. The van der Waals surface area contributed by atoms with Crippen molar-refractivity contribution in [2.75, 3.05) is 14.2 Å². The van der Waals surface area contributed by atoms with Gasteiger partial charge in [0.15, 0.2) is 15.6 Å². The predicted octanol–water partition coefficient (Wildman–Crippen LogP) is 2.90. The van der Waals surface area contributed by atoms with Gasteiger partial charge >= 0.3 is 5.69 Å². The van der Waals surface area contributed by atoms with E-state index in [4.69, 9.17) is 9.47 Å². The van der Waals surface area contributed by atoms with E-state index in [1.165, 1.54) is 26.4 Å². The average molecular weight is 379 g/mol. The van der Waals surface area contributed by atoms with Crippen LogP contribution in [0.2, 0.25) is 0 Å². The van der Waals surface area contributed by atoms with Gasteiger partial charge in [-0.1, -0.05) is 12.1 Å². The number of nitro groups is 1. The molecule has 0 saturated carbocycles. The van der Waals surface area contributed by atoms with Gasteiger partial charge in [0, 0.05) is 11.5 Å². The molecule has 0 amide bonds. The SMILES string of the molecule is COc1ccc(CS(=O)(=O)/C=C/c2cc(OC)c(O)c([N+](=O)[O-])c2)cc1. The second-order valence-corrected chi connectivity index (χ2v) is 7.19. The molecular formula is C17H17NO7S. The molecule has 2 aromatic carbocycles. The van der Waals surface area contributed by atoms with Crippen LogP contribution in [0, 0.1) is 10.1 Å². The third-order valence-corrected chi connectivity index (χ3v) is 4.77. The molecular weight excluding hydrogens is 362 g/mol. The van der Waals surface area contributed by atoms with E-state index in [0.29, 0.717) is 11.3 Å². The number of hydrogen-bond donors (Lipinski definition) is 1. The molecule has 0 aliphatic heterocycles. The number of methoxy groups -OCH3 is 2. The highest BCUT2D eigenvalue weighted by atomic mass is 32.2. The summed E-state index contributed by atoms with van der Waals surface area (Å²) >= 11 is 0. The van der Waals surface area contributed by atoms with Crippen LogP contribution in [0.4, 0.5) is 5.69 Å². The first kappa shape index (κ1) is 19.3. The van der Waals surface area contributed by atoms with E-state index < -0.39 is 26.2 Å². The zero-order chi connectivity index (χ0) is 19.3. The number of sulfone groups is 1. The molecule has 0 aliphatic rings. The van der Waals surface area contributed by atoms with E-state index in [1.54, 1.807) is 24.3 Å². The van der Waals surface area contributed by atoms with Crippen LogP contribution in [0.1, 0.15) is 11.1 Å². The molecule has 2 rings (SSSR count). The topological polar surface area (TPSA) is 116 Å². The van der Waals surface area contributed by atoms with Crippen LogP contribution in [-0.2, 0) is 15.6 Å². The standard InChI is InChI=1S/C17H17NO7S/c1-24-14-5-3-12(4-6-14)11-26(22,23)8-7-13-9-15(18(20)21)17(19)16(10-13)25-2/h3-10,19H,11H2,1-2H3/b8-7+. The van der Waals surface area contributed by atoms with E-state index in [1.807, 2.05) is 0 Å². The molecule has 0 heterocycles. The van der Waals surface area contributed by atoms with Crippen molar-refractivity contribution in [1.82, 2.24) is 0 Å². The molecule has 0 atom stereocenters. The maximum absolute atomic E-state index is 12.2. The zero-order valence-corrected chi connectivity index (χ0v) is 14.9. The number of hydrogen-bond acceptors (Lipinski definition) is 7. The van der Waals surface area contributed by atoms with Crippen LogP contribution in [0.15, 0.2) is 41.8 Å². The number of phenolic OH excluding ortho intramolecular Hbond substituents is 1. The first-order valence-corrected chi connectivity index (χ1v) is 9.06. The highest BCUT2D eigenvalue weighted by Crippen LogP contribution is 2.37. The van der Waals surface area contributed by atoms with Crippen molar-refractivity contribution in [2.45, 2.75) is 5.75 Å². The summed E-state index contributed by atoms with van der Waals surface area (Å²) < 4.78 is 34.4. The lowest BCUT2D eigenvalue weighted by Crippen LogP contribution is -2.00. The van der Waals surface area contributed by atoms with Crippen LogP contribution in [0.3, 0.4) is 0 Å². The van der Waals surface area contributed by atoms with E-state index >= 15 is 0 Å². The number of benzene rings is 2. The average Bonchev–Trinajstić information content (AvgIpc) is 2.61. The minimum absolute atomic E-state index is 0.119. The van der Waals surface area contributed by atoms with Crippen molar-refractivity contribution < 1.29 is 27.9 Å². The molecule has 2 aromatic rings. The molecule has 0 aromatic heterocycles. The van der Waals surface area contributed by atoms with Gasteiger partial charge in [-0.25, -0.2) is 8.42 Å². The van der Waals surface area contributed by atoms with Crippen LogP contribution in [-0.4, -0.2) is 32.7 Å². The molecule has 1 N–H and O–H groups in total. The molecule has 0 bridgehead atoms. The number of rotatable bonds is 7. The number of phenols is 1. The maximum atomic E-state index is 12.2. The van der Waals surface area contributed by atoms with E-state index in [-0.39, 0.29) is 17.1 Å². The Morgan fingerprint density at radius 3 is 2.35 bits per heavy atom. The van der Waals surface area contributed by atoms with Gasteiger partial charge in [0.2, 0.25) is 5.75 Å². The number of nitro benzene ring substituents is 1. The number of aromatic hydroxyl groups is 1. The van der Waals surface area contributed by atoms with Crippen LogP contribution in [0.5, 0.6) is 17.2 Å². The second-order valence-electron chi connectivity index (χ2n) is 5.31. The minimum atomic E-state index is -3.61. The first-order valence-electron chi connectivity index (χ1n) is 7.35. The Morgan fingerprint density at radius 1 is 1.15 bits per heavy atom. The molecule has 0 saturated heterocycles. The van der Waals surface area contributed by atoms with Crippen LogP contribution in [0.25, 0.3) is 6.08 Å². The lowest BCUT2D eigenvalue weighted by molar-refractivity contribution is -0.386. The van der Waals surface area contributed by atoms with Gasteiger partial charge in [-0.2, -0.15) is 0 Å². The summed E-state index contributed by atoms with van der Waals surface area (Å²) in [5.74, 6) is -0.350. The third-order valence-electron chi connectivity index (χ3n) is 3.49. The Bertz CT molecular complexity index is 934. The van der Waals surface area contributed by atoms with Gasteiger partial charge < -0.3 is 14.6 Å². The molecule has 0 aliphatic carbocycles. The van der Waals surface area contributed by atoms with Gasteiger partial charge in [0.25, 0.3) is 0 Å². The van der Waals surface area contributed by atoms with Gasteiger partial charge in [-0.3, -0.25) is 10.1 Å². The van der Waals surface area contributed by atoms with Crippen LogP contribution >= 0.6 is 0 Å². The lowest BCUT2D eigenvalue weighted by atomic mass is 10.1. The smallest absolute Gasteiger partial charge is 0.315 e. The fourth-order valence-corrected chi connectivity index (χ4v) is 3.31. The molecule has 0 unspecified atom stereocenters. The molecule has 0 fully saturated rings. The molecule has 26 heavy (non-hydrogen) atoms. The van der Waals surface area contributed by atoms with Crippen molar-refractivity contribution in [2.24, 2.45) is 0 Å². The fourth-order valence-electron chi connectivity index (χ4n) is 2.19. The Kier molecular flexibility index (Phi) is 5.83. The Hall–Kier alpha value is -3.07. The van der Waals surface area contributed by atoms with Gasteiger partial charge in [-0.05, 0) is 35.4 Å². The zero-order valence-electron chi connectivity index (χ0n) is 14.1. The number of nitrogens with zero attached hydrogens (tertiary/aromatic N) is 1. The van der Waals surface area contributed by atoms with Gasteiger partial charge in [0.05, 0.1) is 24.9 Å². The normalized spacial score (nSPS) is 11.5. The minimum Gasteiger partial charge on any atom is -0.500 e. The predicted molar refractivity (Wildman–Crippen MR) is 96.0 cm³/mol. The van der Waals surface area contributed by atoms with Crippen molar-refractivity contribution in [1.29, 1.82) is 0 Å². The molecule has 0 spiro atoms. The third kappa shape index (κ3) is 4.73. The summed E-state index contributed by atoms with van der Waals surface area (Å²) in [4.78, 5) is 10.2. The summed E-state index contributed by atoms with van der Waals surface area (Å²) in [6.07, 6.45) is 1.22. The lowest BCUT2D eigenvalue weighted by Gasteiger charge is -2.05. The molecule has 0 radical (unpaired) electrons. The Morgan fingerprint density at radius 2 is 1.81 bits per heavy atom. The summed E-state index contributed by atoms with van der Waals surface area (Å²) in [7, 11) is -0.853. The molecule has 8 nitrogen and oxygen atoms in total. The van der Waals surface area contributed by atoms with Crippen molar-refractivity contribution in [3.05, 3.63) is 63.0 Å². The van der Waals surface area contributed by atoms with Crippen LogP contribution < -0.4 is 9.47 Å². The van der Waals surface area contributed by atoms with Gasteiger partial charge in [0.1, 0.15) is 5.75 Å². The summed E-state index contributed by atoms with van der Waals surface area (Å²) in [5, 5.41) is 21.7. The molecule has 138 valence electrons. The van der Waals surface area contributed by atoms with E-state index in [9.17, 15) is 23.6 Å². The maximum Gasteiger partial charge on any atom is 0.315 e. The van der Waals surface area contributed by atoms with E-state index in [0.717, 1.165) is 11.5 Å². The summed E-state index contributed by atoms with van der Waals surface area (Å²) in [6.45, 7) is 0. The highest BCUT2D eigenvalue weighted by Gasteiger charge is 2.19. The Labute approximate surface area is 150 Å². The quantitative estimate of drug-likeness (QED) is 0.581. The first-order chi connectivity index (χ1) is 12.3. The summed E-state index contributed by atoms with van der Waals surface area (Å²) in [6, 6.07) is 8.96. The van der Waals surface area contributed by atoms with Gasteiger partial charge in [-0.15, -0.1) is 0 Å². The monoisotopic (exact) mass is 379 g/mol. The number of ether oxygens (including phenoxy) is 2. The fraction of sp³-hybridized carbons (Fsp3) is 0.176. The second kappa shape index (κ2) is 7.87. The van der Waals surface area contributed by atoms with Crippen molar-refractivity contribution in [3.63, 3.8) is 0 Å². The largest absolute Gasteiger partial charge is 0.500 e. The van der Waals surface area contributed by atoms with E-state index in [2.05, 4.69) is 0 Å². The van der Waals surface area contributed by atoms with Crippen molar-refractivity contribution in [3.8, 4) is 17.2 Å². The molecule has 9 heteroatoms. The summed E-state index contributed by atoms with van der Waals surface area (Å²) in [5.41, 5.74) is 0.214. The van der Waals surface area contributed by atoms with Crippen molar-refractivity contribution >= 4 is 21.6 Å². The highest BCUT2D eigenvalue weighted by molar-refractivity contribution is 7.93.